The topological polar surface area (TPSA) is 41.1 Å². The molecule has 0 unspecified atom stereocenters. The second kappa shape index (κ2) is 9.30. The smallest absolute Gasteiger partial charge is 0.255 e. The first-order valence-electron chi connectivity index (χ1n) is 5.59. The standard InChI is InChI=1S/C12H16BrFN2O.ClH/c1-2-6-15-7-8-16-12(17)11-9(13)4-3-5-10(11)14;/h3-5,15H,2,6-8H2,1H3,(H,16,17);1H. The molecular formula is C12H17BrClFN2O. The molecule has 0 bridgehead atoms. The highest BCUT2D eigenvalue weighted by atomic mass is 79.9. The molecule has 1 aromatic carbocycles. The summed E-state index contributed by atoms with van der Waals surface area (Å²) in [5, 5.41) is 5.82. The van der Waals surface area contributed by atoms with Crippen molar-refractivity contribution in [3.05, 3.63) is 34.1 Å². The van der Waals surface area contributed by atoms with Gasteiger partial charge in [0.05, 0.1) is 5.56 Å². The Bertz CT molecular complexity index is 370. The molecule has 6 heteroatoms. The van der Waals surface area contributed by atoms with Crippen LogP contribution in [-0.4, -0.2) is 25.5 Å². The lowest BCUT2D eigenvalue weighted by atomic mass is 10.2. The Morgan fingerprint density at radius 1 is 1.33 bits per heavy atom. The summed E-state index contributed by atoms with van der Waals surface area (Å²) < 4.78 is 13.9. The average Bonchev–Trinajstić information content (AvgIpc) is 2.28. The number of carbonyl (C=O) groups excluding carboxylic acids is 1. The zero-order valence-electron chi connectivity index (χ0n) is 10.1. The van der Waals surface area contributed by atoms with Crippen LogP contribution in [0.1, 0.15) is 23.7 Å². The van der Waals surface area contributed by atoms with Crippen molar-refractivity contribution in [1.82, 2.24) is 10.6 Å². The number of halogens is 3. The minimum atomic E-state index is -0.515. The highest BCUT2D eigenvalue weighted by Crippen LogP contribution is 2.19. The summed E-state index contributed by atoms with van der Waals surface area (Å²) in [6, 6.07) is 4.47. The monoisotopic (exact) mass is 338 g/mol. The van der Waals surface area contributed by atoms with E-state index in [9.17, 15) is 9.18 Å². The van der Waals surface area contributed by atoms with Gasteiger partial charge in [-0.2, -0.15) is 0 Å². The predicted octanol–water partition coefficient (Wildman–Crippen LogP) is 2.74. The van der Waals surface area contributed by atoms with E-state index in [-0.39, 0.29) is 18.0 Å². The third kappa shape index (κ3) is 5.33. The molecule has 0 fully saturated rings. The Labute approximate surface area is 121 Å². The van der Waals surface area contributed by atoms with Crippen LogP contribution in [-0.2, 0) is 0 Å². The molecule has 0 aliphatic rings. The summed E-state index contributed by atoms with van der Waals surface area (Å²) in [5.41, 5.74) is 0.0583. The molecule has 1 amide bonds. The maximum atomic E-state index is 13.4. The molecule has 102 valence electrons. The van der Waals surface area contributed by atoms with E-state index in [1.54, 1.807) is 12.1 Å². The molecule has 1 rings (SSSR count). The maximum Gasteiger partial charge on any atom is 0.255 e. The molecular weight excluding hydrogens is 322 g/mol. The second-order valence-corrected chi connectivity index (χ2v) is 4.46. The van der Waals surface area contributed by atoms with Crippen molar-refractivity contribution in [2.75, 3.05) is 19.6 Å². The summed E-state index contributed by atoms with van der Waals surface area (Å²) in [6.45, 7) is 4.16. The van der Waals surface area contributed by atoms with E-state index >= 15 is 0 Å². The normalized spacial score (nSPS) is 9.72. The first-order valence-corrected chi connectivity index (χ1v) is 6.39. The molecule has 0 radical (unpaired) electrons. The summed E-state index contributed by atoms with van der Waals surface area (Å²) in [5.74, 6) is -0.910. The van der Waals surface area contributed by atoms with Crippen molar-refractivity contribution >= 4 is 34.2 Å². The number of hydrogen-bond acceptors (Lipinski definition) is 2. The highest BCUT2D eigenvalue weighted by molar-refractivity contribution is 9.10. The van der Waals surface area contributed by atoms with E-state index in [0.29, 0.717) is 17.6 Å². The third-order valence-electron chi connectivity index (χ3n) is 2.20. The van der Waals surface area contributed by atoms with E-state index in [0.717, 1.165) is 13.0 Å². The highest BCUT2D eigenvalue weighted by Gasteiger charge is 2.14. The van der Waals surface area contributed by atoms with Gasteiger partial charge in [0.2, 0.25) is 0 Å². The van der Waals surface area contributed by atoms with Gasteiger partial charge in [0.15, 0.2) is 0 Å². The molecule has 0 atom stereocenters. The van der Waals surface area contributed by atoms with Crippen molar-refractivity contribution in [2.45, 2.75) is 13.3 Å². The van der Waals surface area contributed by atoms with E-state index in [4.69, 9.17) is 0 Å². The first kappa shape index (κ1) is 17.4. The van der Waals surface area contributed by atoms with Gasteiger partial charge in [-0.25, -0.2) is 4.39 Å². The Morgan fingerprint density at radius 3 is 2.67 bits per heavy atom. The Morgan fingerprint density at radius 2 is 2.06 bits per heavy atom. The second-order valence-electron chi connectivity index (χ2n) is 3.60. The largest absolute Gasteiger partial charge is 0.351 e. The molecule has 0 spiro atoms. The van der Waals surface area contributed by atoms with Crippen molar-refractivity contribution in [3.8, 4) is 0 Å². The van der Waals surface area contributed by atoms with E-state index in [1.165, 1.54) is 6.07 Å². The fraction of sp³-hybridized carbons (Fsp3) is 0.417. The quantitative estimate of drug-likeness (QED) is 0.783. The lowest BCUT2D eigenvalue weighted by molar-refractivity contribution is 0.0949. The molecule has 0 aliphatic heterocycles. The molecule has 0 aliphatic carbocycles. The van der Waals surface area contributed by atoms with Gasteiger partial charge in [-0.1, -0.05) is 13.0 Å². The first-order chi connectivity index (χ1) is 8.16. The van der Waals surface area contributed by atoms with Gasteiger partial charge in [0.25, 0.3) is 5.91 Å². The summed E-state index contributed by atoms with van der Waals surface area (Å²) >= 11 is 3.17. The molecule has 2 N–H and O–H groups in total. The molecule has 0 aromatic heterocycles. The minimum absolute atomic E-state index is 0. The number of carbonyl (C=O) groups is 1. The summed E-state index contributed by atoms with van der Waals surface area (Å²) in [4.78, 5) is 11.7. The van der Waals surface area contributed by atoms with E-state index < -0.39 is 11.7 Å². The number of hydrogen-bond donors (Lipinski definition) is 2. The Balaban J connectivity index is 0.00000289. The van der Waals surface area contributed by atoms with E-state index in [1.807, 2.05) is 0 Å². The predicted molar refractivity (Wildman–Crippen MR) is 76.8 cm³/mol. The summed E-state index contributed by atoms with van der Waals surface area (Å²) in [6.07, 6.45) is 1.05. The summed E-state index contributed by atoms with van der Waals surface area (Å²) in [7, 11) is 0. The lowest BCUT2D eigenvalue weighted by Gasteiger charge is -2.08. The van der Waals surface area contributed by atoms with Gasteiger partial charge >= 0.3 is 0 Å². The maximum absolute atomic E-state index is 13.4. The van der Waals surface area contributed by atoms with Gasteiger partial charge in [-0.05, 0) is 41.0 Å². The molecule has 1 aromatic rings. The Kier molecular flexibility index (Phi) is 8.97. The van der Waals surface area contributed by atoms with Crippen molar-refractivity contribution in [2.24, 2.45) is 0 Å². The van der Waals surface area contributed by atoms with Gasteiger partial charge < -0.3 is 10.6 Å². The molecule has 3 nitrogen and oxygen atoms in total. The number of nitrogens with one attached hydrogen (secondary N) is 2. The van der Waals surface area contributed by atoms with Crippen LogP contribution in [0.5, 0.6) is 0 Å². The SMILES string of the molecule is CCCNCCNC(=O)c1c(F)cccc1Br.Cl. The van der Waals surface area contributed by atoms with Crippen LogP contribution in [0.4, 0.5) is 4.39 Å². The fourth-order valence-electron chi connectivity index (χ4n) is 1.37. The van der Waals surface area contributed by atoms with Crippen LogP contribution < -0.4 is 10.6 Å². The third-order valence-corrected chi connectivity index (χ3v) is 2.86. The average molecular weight is 340 g/mol. The Hall–Kier alpha value is -0.650. The fourth-order valence-corrected chi connectivity index (χ4v) is 1.89. The van der Waals surface area contributed by atoms with Gasteiger partial charge in [0, 0.05) is 17.6 Å². The van der Waals surface area contributed by atoms with Gasteiger partial charge in [-0.15, -0.1) is 12.4 Å². The molecule has 0 saturated carbocycles. The molecule has 0 saturated heterocycles. The van der Waals surface area contributed by atoms with Gasteiger partial charge in [-0.3, -0.25) is 4.79 Å². The lowest BCUT2D eigenvalue weighted by Crippen LogP contribution is -2.32. The van der Waals surface area contributed by atoms with Crippen molar-refractivity contribution in [3.63, 3.8) is 0 Å². The van der Waals surface area contributed by atoms with Crippen molar-refractivity contribution < 1.29 is 9.18 Å². The number of benzene rings is 1. The van der Waals surface area contributed by atoms with E-state index in [2.05, 4.69) is 33.5 Å². The minimum Gasteiger partial charge on any atom is -0.351 e. The van der Waals surface area contributed by atoms with Crippen LogP contribution in [0.2, 0.25) is 0 Å². The van der Waals surface area contributed by atoms with Crippen LogP contribution in [0.3, 0.4) is 0 Å². The zero-order valence-corrected chi connectivity index (χ0v) is 12.5. The van der Waals surface area contributed by atoms with Crippen LogP contribution in [0, 0.1) is 5.82 Å². The zero-order chi connectivity index (χ0) is 12.7. The van der Waals surface area contributed by atoms with Crippen LogP contribution in [0.25, 0.3) is 0 Å². The number of amides is 1. The number of rotatable bonds is 6. The van der Waals surface area contributed by atoms with Crippen LogP contribution >= 0.6 is 28.3 Å². The van der Waals surface area contributed by atoms with Crippen LogP contribution in [0.15, 0.2) is 22.7 Å². The van der Waals surface area contributed by atoms with Crippen molar-refractivity contribution in [1.29, 1.82) is 0 Å². The molecule has 18 heavy (non-hydrogen) atoms. The van der Waals surface area contributed by atoms with Gasteiger partial charge in [0.1, 0.15) is 5.82 Å². The molecule has 0 heterocycles.